The van der Waals surface area contributed by atoms with Crippen molar-refractivity contribution >= 4 is 20.9 Å². The predicted molar refractivity (Wildman–Crippen MR) is 132 cm³/mol. The zero-order valence-electron chi connectivity index (χ0n) is 19.9. The number of piperidine rings is 1. The summed E-state index contributed by atoms with van der Waals surface area (Å²) in [5, 5.41) is 12.9. The molecule has 182 valence electrons. The SMILES string of the molecule is Cc1cc(-c2ccnc3[nH]ccc23)cc(F)c1C1(O)[C@H](C)CN(C2CCS(=O)(=O)CC2)C[C@@H]1C. The molecule has 0 aliphatic carbocycles. The number of pyridine rings is 1. The molecule has 34 heavy (non-hydrogen) atoms. The van der Waals surface area contributed by atoms with Gasteiger partial charge in [0.05, 0.1) is 11.5 Å². The van der Waals surface area contributed by atoms with Gasteiger partial charge in [-0.05, 0) is 54.7 Å². The summed E-state index contributed by atoms with van der Waals surface area (Å²) in [6.45, 7) is 7.04. The Labute approximate surface area is 200 Å². The Bertz CT molecular complexity index is 1290. The number of hydrogen-bond acceptors (Lipinski definition) is 5. The molecule has 4 heterocycles. The Kier molecular flexibility index (Phi) is 5.81. The molecule has 3 aromatic rings. The number of halogens is 1. The molecule has 1 aromatic carbocycles. The third-order valence-corrected chi connectivity index (χ3v) is 9.73. The lowest BCUT2D eigenvalue weighted by Crippen LogP contribution is -2.58. The number of nitrogens with zero attached hydrogens (tertiary/aromatic N) is 2. The fourth-order valence-corrected chi connectivity index (χ4v) is 7.66. The molecule has 0 spiro atoms. The lowest BCUT2D eigenvalue weighted by molar-refractivity contribution is -0.122. The molecular formula is C26H32FN3O3S. The van der Waals surface area contributed by atoms with E-state index in [0.717, 1.165) is 27.7 Å². The summed E-state index contributed by atoms with van der Waals surface area (Å²) in [5.74, 6) is -0.356. The first kappa shape index (κ1) is 23.5. The average molecular weight is 486 g/mol. The molecule has 2 fully saturated rings. The number of benzene rings is 1. The third-order valence-electron chi connectivity index (χ3n) is 8.02. The Hall–Kier alpha value is -2.29. The largest absolute Gasteiger partial charge is 0.384 e. The molecule has 2 saturated heterocycles. The number of hydrogen-bond donors (Lipinski definition) is 2. The molecular weight excluding hydrogens is 453 g/mol. The van der Waals surface area contributed by atoms with Crippen LogP contribution in [0.5, 0.6) is 0 Å². The van der Waals surface area contributed by atoms with Crippen molar-refractivity contribution in [3.8, 4) is 11.1 Å². The molecule has 2 aliphatic rings. The smallest absolute Gasteiger partial charge is 0.150 e. The van der Waals surface area contributed by atoms with Crippen molar-refractivity contribution < 1.29 is 17.9 Å². The Morgan fingerprint density at radius 2 is 1.82 bits per heavy atom. The van der Waals surface area contributed by atoms with Crippen LogP contribution in [0.25, 0.3) is 22.2 Å². The Balaban J connectivity index is 1.46. The number of rotatable bonds is 3. The number of aliphatic hydroxyl groups is 1. The molecule has 3 atom stereocenters. The molecule has 2 aromatic heterocycles. The summed E-state index contributed by atoms with van der Waals surface area (Å²) in [7, 11) is -2.93. The molecule has 0 bridgehead atoms. The van der Waals surface area contributed by atoms with Crippen molar-refractivity contribution in [3.63, 3.8) is 0 Å². The number of H-pyrrole nitrogens is 1. The van der Waals surface area contributed by atoms with E-state index in [1.54, 1.807) is 6.20 Å². The van der Waals surface area contributed by atoms with Gasteiger partial charge < -0.3 is 10.1 Å². The molecule has 1 unspecified atom stereocenters. The minimum atomic E-state index is -2.93. The molecule has 8 heteroatoms. The number of fused-ring (bicyclic) bond motifs is 1. The van der Waals surface area contributed by atoms with E-state index < -0.39 is 21.3 Å². The van der Waals surface area contributed by atoms with E-state index in [1.807, 2.05) is 45.2 Å². The maximum atomic E-state index is 15.8. The van der Waals surface area contributed by atoms with Crippen molar-refractivity contribution in [2.45, 2.75) is 45.3 Å². The van der Waals surface area contributed by atoms with Crippen LogP contribution in [0, 0.1) is 24.6 Å². The van der Waals surface area contributed by atoms with Crippen LogP contribution in [0.2, 0.25) is 0 Å². The second-order valence-corrected chi connectivity index (χ2v) is 12.5. The van der Waals surface area contributed by atoms with Crippen LogP contribution in [0.4, 0.5) is 4.39 Å². The number of nitrogens with one attached hydrogen (secondary N) is 1. The number of aryl methyl sites for hydroxylation is 1. The topological polar surface area (TPSA) is 86.3 Å². The van der Waals surface area contributed by atoms with E-state index in [4.69, 9.17) is 0 Å². The molecule has 0 radical (unpaired) electrons. The van der Waals surface area contributed by atoms with E-state index in [1.165, 1.54) is 6.07 Å². The van der Waals surface area contributed by atoms with Crippen molar-refractivity contribution in [1.82, 2.24) is 14.9 Å². The summed E-state index contributed by atoms with van der Waals surface area (Å²) in [6, 6.07) is 7.49. The quantitative estimate of drug-likeness (QED) is 0.585. The van der Waals surface area contributed by atoms with Gasteiger partial charge in [0.15, 0.2) is 0 Å². The summed E-state index contributed by atoms with van der Waals surface area (Å²) in [5.41, 5.74) is 2.22. The lowest BCUT2D eigenvalue weighted by Gasteiger charge is -2.51. The molecule has 0 saturated carbocycles. The molecule has 5 rings (SSSR count). The van der Waals surface area contributed by atoms with Crippen LogP contribution in [0.1, 0.15) is 37.8 Å². The minimum absolute atomic E-state index is 0.196. The maximum Gasteiger partial charge on any atom is 0.150 e. The second kappa shape index (κ2) is 8.43. The van der Waals surface area contributed by atoms with Crippen LogP contribution < -0.4 is 0 Å². The normalized spacial score (nSPS) is 28.4. The van der Waals surface area contributed by atoms with Crippen molar-refractivity contribution in [1.29, 1.82) is 0 Å². The van der Waals surface area contributed by atoms with Crippen LogP contribution in [0.15, 0.2) is 36.7 Å². The van der Waals surface area contributed by atoms with Gasteiger partial charge in [0, 0.05) is 54.3 Å². The van der Waals surface area contributed by atoms with Gasteiger partial charge in [0.1, 0.15) is 26.9 Å². The van der Waals surface area contributed by atoms with E-state index in [2.05, 4.69) is 14.9 Å². The molecule has 0 amide bonds. The highest BCUT2D eigenvalue weighted by Gasteiger charge is 2.49. The van der Waals surface area contributed by atoms with Crippen molar-refractivity contribution in [2.75, 3.05) is 24.6 Å². The van der Waals surface area contributed by atoms with Crippen molar-refractivity contribution in [3.05, 3.63) is 53.6 Å². The number of likely N-dealkylation sites (tertiary alicyclic amines) is 1. The first-order valence-corrected chi connectivity index (χ1v) is 13.8. The van der Waals surface area contributed by atoms with Gasteiger partial charge in [0.2, 0.25) is 0 Å². The fraction of sp³-hybridized carbons (Fsp3) is 0.500. The van der Waals surface area contributed by atoms with E-state index in [0.29, 0.717) is 31.5 Å². The minimum Gasteiger partial charge on any atom is -0.384 e. The number of sulfone groups is 1. The van der Waals surface area contributed by atoms with E-state index in [-0.39, 0.29) is 29.4 Å². The highest BCUT2D eigenvalue weighted by Crippen LogP contribution is 2.45. The van der Waals surface area contributed by atoms with Crippen LogP contribution in [-0.2, 0) is 15.4 Å². The molecule has 2 N–H and O–H groups in total. The maximum absolute atomic E-state index is 15.8. The van der Waals surface area contributed by atoms with Gasteiger partial charge >= 0.3 is 0 Å². The summed E-state index contributed by atoms with van der Waals surface area (Å²) in [6.07, 6.45) is 4.78. The van der Waals surface area contributed by atoms with Crippen molar-refractivity contribution in [2.24, 2.45) is 11.8 Å². The van der Waals surface area contributed by atoms with Gasteiger partial charge in [-0.2, -0.15) is 0 Å². The van der Waals surface area contributed by atoms with Gasteiger partial charge in [-0.25, -0.2) is 17.8 Å². The first-order valence-electron chi connectivity index (χ1n) is 12.0. The first-order chi connectivity index (χ1) is 16.1. The lowest BCUT2D eigenvalue weighted by atomic mass is 9.68. The highest BCUT2D eigenvalue weighted by molar-refractivity contribution is 7.91. The Morgan fingerprint density at radius 3 is 2.47 bits per heavy atom. The second-order valence-electron chi connectivity index (χ2n) is 10.2. The molecule has 6 nitrogen and oxygen atoms in total. The fourth-order valence-electron chi connectivity index (χ4n) is 6.20. The number of aromatic nitrogens is 2. The summed E-state index contributed by atoms with van der Waals surface area (Å²) >= 11 is 0. The van der Waals surface area contributed by atoms with Gasteiger partial charge in [-0.15, -0.1) is 0 Å². The zero-order chi connectivity index (χ0) is 24.3. The van der Waals surface area contributed by atoms with E-state index >= 15 is 4.39 Å². The van der Waals surface area contributed by atoms with Crippen LogP contribution >= 0.6 is 0 Å². The standard InChI is InChI=1S/C26H32FN3O3S/c1-16-12-19(21-4-8-28-25-22(21)5-9-29-25)13-23(27)24(16)26(31)17(2)14-30(15-18(26)3)20-6-10-34(32,33)11-7-20/h4-5,8-9,12-13,17-18,20,31H,6-7,10-11,14-15H2,1-3H3,(H,28,29)/t17-,18+,26?. The predicted octanol–water partition coefficient (Wildman–Crippen LogP) is 4.03. The Morgan fingerprint density at radius 1 is 1.15 bits per heavy atom. The number of aromatic amines is 1. The monoisotopic (exact) mass is 485 g/mol. The summed E-state index contributed by atoms with van der Waals surface area (Å²) in [4.78, 5) is 9.72. The van der Waals surface area contributed by atoms with E-state index in [9.17, 15) is 13.5 Å². The zero-order valence-corrected chi connectivity index (χ0v) is 20.7. The van der Waals surface area contributed by atoms with Gasteiger partial charge in [-0.1, -0.05) is 19.9 Å². The van der Waals surface area contributed by atoms with Gasteiger partial charge in [-0.3, -0.25) is 4.90 Å². The average Bonchev–Trinajstić information content (AvgIpc) is 3.26. The van der Waals surface area contributed by atoms with Gasteiger partial charge in [0.25, 0.3) is 0 Å². The van der Waals surface area contributed by atoms with Crippen LogP contribution in [0.3, 0.4) is 0 Å². The summed E-state index contributed by atoms with van der Waals surface area (Å²) < 4.78 is 39.5. The third kappa shape index (κ3) is 3.85. The molecule has 2 aliphatic heterocycles. The highest BCUT2D eigenvalue weighted by atomic mass is 32.2. The van der Waals surface area contributed by atoms with Crippen LogP contribution in [-0.4, -0.2) is 59.0 Å².